The number of carbonyl (C=O) groups is 1. The van der Waals surface area contributed by atoms with Gasteiger partial charge in [-0.05, 0) is 56.1 Å². The number of piperidine rings is 1. The molecule has 1 fully saturated rings. The second-order valence-corrected chi connectivity index (χ2v) is 7.57. The number of halogens is 1. The molecule has 3 nitrogen and oxygen atoms in total. The Labute approximate surface area is 161 Å². The molecule has 0 spiro atoms. The van der Waals surface area contributed by atoms with Gasteiger partial charge in [-0.3, -0.25) is 9.69 Å². The average molecular weight is 371 g/mol. The van der Waals surface area contributed by atoms with Crippen LogP contribution in [0.4, 0.5) is 0 Å². The van der Waals surface area contributed by atoms with Crippen LogP contribution in [0.5, 0.6) is 0 Å². The summed E-state index contributed by atoms with van der Waals surface area (Å²) in [5, 5.41) is 3.84. The van der Waals surface area contributed by atoms with E-state index in [1.54, 1.807) is 0 Å². The van der Waals surface area contributed by atoms with Gasteiger partial charge >= 0.3 is 0 Å². The normalized spacial score (nSPS) is 16.2. The Morgan fingerprint density at radius 2 is 1.69 bits per heavy atom. The van der Waals surface area contributed by atoms with Crippen LogP contribution in [0.2, 0.25) is 5.02 Å². The Balaban J connectivity index is 1.64. The smallest absolute Gasteiger partial charge is 0.224 e. The van der Waals surface area contributed by atoms with Gasteiger partial charge in [0.15, 0.2) is 0 Å². The molecule has 1 aliphatic heterocycles. The first-order valence-corrected chi connectivity index (χ1v) is 9.81. The van der Waals surface area contributed by atoms with Crippen LogP contribution < -0.4 is 5.32 Å². The zero-order chi connectivity index (χ0) is 18.4. The molecule has 1 heterocycles. The topological polar surface area (TPSA) is 32.3 Å². The van der Waals surface area contributed by atoms with Crippen molar-refractivity contribution >= 4 is 17.5 Å². The Bertz CT molecular complexity index is 706. The maximum Gasteiger partial charge on any atom is 0.224 e. The molecular formula is C22H27ClN2O. The molecule has 0 radical (unpaired) electrons. The third-order valence-corrected chi connectivity index (χ3v) is 5.32. The molecule has 1 aliphatic rings. The molecule has 0 bridgehead atoms. The average Bonchev–Trinajstić information content (AvgIpc) is 2.66. The van der Waals surface area contributed by atoms with Gasteiger partial charge in [0.05, 0.1) is 12.5 Å². The lowest BCUT2D eigenvalue weighted by atomic mass is 10.0. The first-order chi connectivity index (χ1) is 12.6. The van der Waals surface area contributed by atoms with Gasteiger partial charge < -0.3 is 5.32 Å². The molecule has 138 valence electrons. The van der Waals surface area contributed by atoms with Crippen LogP contribution in [0.25, 0.3) is 0 Å². The van der Waals surface area contributed by atoms with Gasteiger partial charge in [0.25, 0.3) is 0 Å². The summed E-state index contributed by atoms with van der Waals surface area (Å²) >= 11 is 5.91. The standard InChI is InChI=1S/C22H27ClN2O/c1-17-5-9-19(10-6-17)21(25-13-3-2-4-14-25)16-24-22(26)15-18-7-11-20(23)12-8-18/h5-12,21H,2-4,13-16H2,1H3,(H,24,26)/t21-/m1/s1. The molecule has 1 amide bonds. The summed E-state index contributed by atoms with van der Waals surface area (Å²) in [6, 6.07) is 16.4. The SMILES string of the molecule is Cc1ccc([C@@H](CNC(=O)Cc2ccc(Cl)cc2)N2CCCCC2)cc1. The van der Waals surface area contributed by atoms with Crippen molar-refractivity contribution in [1.29, 1.82) is 0 Å². The van der Waals surface area contributed by atoms with Crippen molar-refractivity contribution in [3.8, 4) is 0 Å². The van der Waals surface area contributed by atoms with Crippen LogP contribution in [-0.4, -0.2) is 30.4 Å². The van der Waals surface area contributed by atoms with Crippen molar-refractivity contribution in [3.63, 3.8) is 0 Å². The maximum atomic E-state index is 12.4. The van der Waals surface area contributed by atoms with Crippen molar-refractivity contribution < 1.29 is 4.79 Å². The lowest BCUT2D eigenvalue weighted by Crippen LogP contribution is -2.41. The van der Waals surface area contributed by atoms with Crippen LogP contribution in [-0.2, 0) is 11.2 Å². The van der Waals surface area contributed by atoms with Crippen molar-refractivity contribution in [2.45, 2.75) is 38.6 Å². The van der Waals surface area contributed by atoms with E-state index in [0.717, 1.165) is 18.7 Å². The van der Waals surface area contributed by atoms with Crippen molar-refractivity contribution in [2.24, 2.45) is 0 Å². The Morgan fingerprint density at radius 3 is 2.35 bits per heavy atom. The largest absolute Gasteiger partial charge is 0.354 e. The maximum absolute atomic E-state index is 12.4. The minimum atomic E-state index is 0.0569. The van der Waals surface area contributed by atoms with E-state index in [0.29, 0.717) is 18.0 Å². The highest BCUT2D eigenvalue weighted by Crippen LogP contribution is 2.24. The summed E-state index contributed by atoms with van der Waals surface area (Å²) in [4.78, 5) is 14.9. The van der Waals surface area contributed by atoms with Crippen molar-refractivity contribution in [1.82, 2.24) is 10.2 Å². The van der Waals surface area contributed by atoms with E-state index < -0.39 is 0 Å². The Kier molecular flexibility index (Phi) is 6.70. The van der Waals surface area contributed by atoms with Gasteiger partial charge in [0, 0.05) is 11.6 Å². The first kappa shape index (κ1) is 18.9. The predicted molar refractivity (Wildman–Crippen MR) is 108 cm³/mol. The molecule has 1 N–H and O–H groups in total. The number of benzene rings is 2. The second-order valence-electron chi connectivity index (χ2n) is 7.13. The number of likely N-dealkylation sites (tertiary alicyclic amines) is 1. The number of carbonyl (C=O) groups excluding carboxylic acids is 1. The minimum absolute atomic E-state index is 0.0569. The Hall–Kier alpha value is -1.84. The molecule has 0 aliphatic carbocycles. The fraction of sp³-hybridized carbons (Fsp3) is 0.409. The van der Waals surface area contributed by atoms with E-state index in [-0.39, 0.29) is 11.9 Å². The van der Waals surface area contributed by atoms with Gasteiger partial charge in [-0.1, -0.05) is 60.0 Å². The van der Waals surface area contributed by atoms with E-state index in [9.17, 15) is 4.79 Å². The molecule has 2 aromatic carbocycles. The van der Waals surface area contributed by atoms with Gasteiger partial charge in [0.2, 0.25) is 5.91 Å². The van der Waals surface area contributed by atoms with Crippen LogP contribution in [0.1, 0.15) is 42.0 Å². The first-order valence-electron chi connectivity index (χ1n) is 9.43. The van der Waals surface area contributed by atoms with E-state index in [4.69, 9.17) is 11.6 Å². The second kappa shape index (κ2) is 9.20. The lowest BCUT2D eigenvalue weighted by molar-refractivity contribution is -0.120. The number of nitrogens with one attached hydrogen (secondary N) is 1. The summed E-state index contributed by atoms with van der Waals surface area (Å²) in [6.07, 6.45) is 4.17. The molecule has 0 unspecified atom stereocenters. The minimum Gasteiger partial charge on any atom is -0.354 e. The molecule has 2 aromatic rings. The quantitative estimate of drug-likeness (QED) is 0.809. The summed E-state index contributed by atoms with van der Waals surface area (Å²) in [7, 11) is 0. The number of rotatable bonds is 6. The van der Waals surface area contributed by atoms with Crippen LogP contribution in [0, 0.1) is 6.92 Å². The van der Waals surface area contributed by atoms with Gasteiger partial charge in [-0.25, -0.2) is 0 Å². The third kappa shape index (κ3) is 5.33. The van der Waals surface area contributed by atoms with E-state index in [1.165, 1.54) is 30.4 Å². The van der Waals surface area contributed by atoms with Crippen molar-refractivity contribution in [2.75, 3.05) is 19.6 Å². The van der Waals surface area contributed by atoms with Gasteiger partial charge in [0.1, 0.15) is 0 Å². The summed E-state index contributed by atoms with van der Waals surface area (Å²) < 4.78 is 0. The molecule has 0 saturated carbocycles. The molecule has 1 saturated heterocycles. The zero-order valence-corrected chi connectivity index (χ0v) is 16.1. The van der Waals surface area contributed by atoms with Gasteiger partial charge in [-0.15, -0.1) is 0 Å². The predicted octanol–water partition coefficient (Wildman–Crippen LogP) is 4.53. The molecule has 26 heavy (non-hydrogen) atoms. The number of hydrogen-bond acceptors (Lipinski definition) is 2. The molecular weight excluding hydrogens is 344 g/mol. The van der Waals surface area contributed by atoms with Crippen molar-refractivity contribution in [3.05, 3.63) is 70.2 Å². The van der Waals surface area contributed by atoms with E-state index in [1.807, 2.05) is 24.3 Å². The highest BCUT2D eigenvalue weighted by atomic mass is 35.5. The zero-order valence-electron chi connectivity index (χ0n) is 15.4. The summed E-state index contributed by atoms with van der Waals surface area (Å²) in [6.45, 7) is 4.96. The number of hydrogen-bond donors (Lipinski definition) is 1. The van der Waals surface area contributed by atoms with Gasteiger partial charge in [-0.2, -0.15) is 0 Å². The summed E-state index contributed by atoms with van der Waals surface area (Å²) in [5.74, 6) is 0.0569. The highest BCUT2D eigenvalue weighted by molar-refractivity contribution is 6.30. The number of aryl methyl sites for hydroxylation is 1. The van der Waals surface area contributed by atoms with Crippen LogP contribution in [0.3, 0.4) is 0 Å². The highest BCUT2D eigenvalue weighted by Gasteiger charge is 2.22. The van der Waals surface area contributed by atoms with E-state index in [2.05, 4.69) is 41.4 Å². The number of amides is 1. The third-order valence-electron chi connectivity index (χ3n) is 5.06. The van der Waals surface area contributed by atoms with Crippen LogP contribution in [0.15, 0.2) is 48.5 Å². The summed E-state index contributed by atoms with van der Waals surface area (Å²) in [5.41, 5.74) is 3.53. The monoisotopic (exact) mass is 370 g/mol. The Morgan fingerprint density at radius 1 is 1.04 bits per heavy atom. The lowest BCUT2D eigenvalue weighted by Gasteiger charge is -2.35. The fourth-order valence-electron chi connectivity index (χ4n) is 3.54. The number of nitrogens with zero attached hydrogens (tertiary/aromatic N) is 1. The fourth-order valence-corrected chi connectivity index (χ4v) is 3.66. The van der Waals surface area contributed by atoms with E-state index >= 15 is 0 Å². The molecule has 3 rings (SSSR count). The molecule has 0 aromatic heterocycles. The molecule has 4 heteroatoms. The van der Waals surface area contributed by atoms with Crippen LogP contribution >= 0.6 is 11.6 Å². The molecule has 1 atom stereocenters.